The summed E-state index contributed by atoms with van der Waals surface area (Å²) in [7, 11) is 0. The van der Waals surface area contributed by atoms with Gasteiger partial charge in [-0.2, -0.15) is 0 Å². The summed E-state index contributed by atoms with van der Waals surface area (Å²) in [5.74, 6) is -0.897. The fourth-order valence-electron chi connectivity index (χ4n) is 2.42. The number of amides is 1. The van der Waals surface area contributed by atoms with Crippen LogP contribution in [-0.2, 0) is 16.0 Å². The van der Waals surface area contributed by atoms with Gasteiger partial charge in [-0.15, -0.1) is 11.3 Å². The highest BCUT2D eigenvalue weighted by Crippen LogP contribution is 2.27. The van der Waals surface area contributed by atoms with Crippen LogP contribution in [-0.4, -0.2) is 18.5 Å². The van der Waals surface area contributed by atoms with E-state index in [0.717, 1.165) is 28.0 Å². The van der Waals surface area contributed by atoms with E-state index in [0.29, 0.717) is 15.6 Å². The van der Waals surface area contributed by atoms with E-state index in [1.54, 1.807) is 6.07 Å². The first-order chi connectivity index (χ1) is 11.3. The number of thiophene rings is 1. The molecule has 2 rings (SSSR count). The van der Waals surface area contributed by atoms with Crippen molar-refractivity contribution in [1.82, 2.24) is 0 Å². The topological polar surface area (TPSA) is 55.4 Å². The molecule has 0 bridgehead atoms. The molecule has 1 heterocycles. The maximum atomic E-state index is 12.0. The summed E-state index contributed by atoms with van der Waals surface area (Å²) in [6, 6.07) is 5.52. The van der Waals surface area contributed by atoms with Crippen molar-refractivity contribution in [2.45, 2.75) is 34.1 Å². The smallest absolute Gasteiger partial charge is 0.348 e. The predicted octanol–water partition coefficient (Wildman–Crippen LogP) is 4.68. The molecule has 0 aliphatic rings. The van der Waals surface area contributed by atoms with Crippen molar-refractivity contribution >= 4 is 40.5 Å². The number of halogens is 1. The number of esters is 1. The Morgan fingerprint density at radius 2 is 1.92 bits per heavy atom. The van der Waals surface area contributed by atoms with Crippen LogP contribution in [0.3, 0.4) is 0 Å². The van der Waals surface area contributed by atoms with Crippen molar-refractivity contribution in [1.29, 1.82) is 0 Å². The molecule has 0 radical (unpaired) electrons. The fourth-order valence-corrected chi connectivity index (χ4v) is 3.80. The van der Waals surface area contributed by atoms with Crippen molar-refractivity contribution in [3.05, 3.63) is 49.7 Å². The van der Waals surface area contributed by atoms with E-state index in [9.17, 15) is 9.59 Å². The molecule has 1 N–H and O–H groups in total. The minimum absolute atomic E-state index is 0.346. The molecule has 24 heavy (non-hydrogen) atoms. The number of hydrogen-bond donors (Lipinski definition) is 1. The third kappa shape index (κ3) is 4.36. The first kappa shape index (κ1) is 18.5. The molecule has 128 valence electrons. The number of benzene rings is 1. The SMILES string of the molecule is CCc1cc(C(=O)OCC(=O)Nc2c(C)cc(C)cc2Cl)sc1C. The fraction of sp³-hybridized carbons (Fsp3) is 0.333. The average molecular weight is 366 g/mol. The van der Waals surface area contributed by atoms with Gasteiger partial charge < -0.3 is 10.1 Å². The van der Waals surface area contributed by atoms with E-state index in [4.69, 9.17) is 16.3 Å². The molecule has 1 amide bonds. The van der Waals surface area contributed by atoms with E-state index in [2.05, 4.69) is 5.32 Å². The van der Waals surface area contributed by atoms with Gasteiger partial charge in [0.05, 0.1) is 10.7 Å². The van der Waals surface area contributed by atoms with Gasteiger partial charge in [-0.1, -0.05) is 24.6 Å². The van der Waals surface area contributed by atoms with Crippen molar-refractivity contribution in [3.8, 4) is 0 Å². The number of anilines is 1. The molecular formula is C18H20ClNO3S. The van der Waals surface area contributed by atoms with Gasteiger partial charge in [-0.3, -0.25) is 4.79 Å². The van der Waals surface area contributed by atoms with Crippen LogP contribution in [0, 0.1) is 20.8 Å². The van der Waals surface area contributed by atoms with Crippen LogP contribution < -0.4 is 5.32 Å². The number of hydrogen-bond acceptors (Lipinski definition) is 4. The lowest BCUT2D eigenvalue weighted by atomic mass is 10.1. The number of carbonyl (C=O) groups is 2. The Balaban J connectivity index is 1.97. The maximum absolute atomic E-state index is 12.0. The molecule has 1 aromatic heterocycles. The Hall–Kier alpha value is -1.85. The van der Waals surface area contributed by atoms with Gasteiger partial charge in [0.25, 0.3) is 5.91 Å². The van der Waals surface area contributed by atoms with Crippen molar-refractivity contribution in [3.63, 3.8) is 0 Å². The monoisotopic (exact) mass is 365 g/mol. The first-order valence-electron chi connectivity index (χ1n) is 7.64. The summed E-state index contributed by atoms with van der Waals surface area (Å²) >= 11 is 7.53. The lowest BCUT2D eigenvalue weighted by Crippen LogP contribution is -2.21. The molecule has 0 spiro atoms. The lowest BCUT2D eigenvalue weighted by molar-refractivity contribution is -0.119. The summed E-state index contributed by atoms with van der Waals surface area (Å²) in [5.41, 5.74) is 3.55. The van der Waals surface area contributed by atoms with Gasteiger partial charge in [0.15, 0.2) is 6.61 Å². The van der Waals surface area contributed by atoms with Crippen LogP contribution in [0.2, 0.25) is 5.02 Å². The van der Waals surface area contributed by atoms with Gasteiger partial charge >= 0.3 is 5.97 Å². The Bertz CT molecular complexity index is 760. The molecule has 2 aromatic rings. The molecule has 0 saturated heterocycles. The van der Waals surface area contributed by atoms with Gasteiger partial charge in [0.2, 0.25) is 0 Å². The number of ether oxygens (including phenoxy) is 1. The number of aryl methyl sites for hydroxylation is 4. The second kappa shape index (κ2) is 7.81. The van der Waals surface area contributed by atoms with E-state index < -0.39 is 11.9 Å². The molecule has 4 nitrogen and oxygen atoms in total. The molecule has 1 aromatic carbocycles. The summed E-state index contributed by atoms with van der Waals surface area (Å²) in [6.07, 6.45) is 0.862. The van der Waals surface area contributed by atoms with Crippen molar-refractivity contribution in [2.24, 2.45) is 0 Å². The standard InChI is InChI=1S/C18H20ClNO3S/c1-5-13-8-15(24-12(13)4)18(22)23-9-16(21)20-17-11(3)6-10(2)7-14(17)19/h6-8H,5,9H2,1-4H3,(H,20,21). The quantitative estimate of drug-likeness (QED) is 0.782. The summed E-state index contributed by atoms with van der Waals surface area (Å²) in [6.45, 7) is 7.45. The zero-order valence-corrected chi connectivity index (χ0v) is 15.7. The third-order valence-electron chi connectivity index (χ3n) is 3.63. The van der Waals surface area contributed by atoms with Gasteiger partial charge in [0, 0.05) is 4.88 Å². The van der Waals surface area contributed by atoms with E-state index in [1.807, 2.05) is 39.8 Å². The highest BCUT2D eigenvalue weighted by Gasteiger charge is 2.16. The Morgan fingerprint density at radius 3 is 2.50 bits per heavy atom. The zero-order chi connectivity index (χ0) is 17.9. The highest BCUT2D eigenvalue weighted by molar-refractivity contribution is 7.14. The maximum Gasteiger partial charge on any atom is 0.348 e. The highest BCUT2D eigenvalue weighted by atomic mass is 35.5. The van der Waals surface area contributed by atoms with Crippen LogP contribution in [0.25, 0.3) is 0 Å². The van der Waals surface area contributed by atoms with Crippen LogP contribution in [0.15, 0.2) is 18.2 Å². The average Bonchev–Trinajstić information content (AvgIpc) is 2.89. The number of rotatable bonds is 5. The molecule has 0 unspecified atom stereocenters. The summed E-state index contributed by atoms with van der Waals surface area (Å²) in [4.78, 5) is 25.7. The second-order valence-corrected chi connectivity index (χ2v) is 7.27. The lowest BCUT2D eigenvalue weighted by Gasteiger charge is -2.11. The Labute approximate surface area is 150 Å². The molecular weight excluding hydrogens is 346 g/mol. The third-order valence-corrected chi connectivity index (χ3v) is 5.00. The molecule has 0 aliphatic carbocycles. The second-order valence-electron chi connectivity index (χ2n) is 5.61. The molecule has 0 atom stereocenters. The molecule has 0 fully saturated rings. The first-order valence-corrected chi connectivity index (χ1v) is 8.84. The predicted molar refractivity (Wildman–Crippen MR) is 98.3 cm³/mol. The summed E-state index contributed by atoms with van der Waals surface area (Å²) < 4.78 is 5.09. The van der Waals surface area contributed by atoms with Crippen molar-refractivity contribution in [2.75, 3.05) is 11.9 Å². The van der Waals surface area contributed by atoms with Crippen LogP contribution >= 0.6 is 22.9 Å². The van der Waals surface area contributed by atoms with E-state index in [-0.39, 0.29) is 6.61 Å². The van der Waals surface area contributed by atoms with Crippen LogP contribution in [0.4, 0.5) is 5.69 Å². The molecule has 0 saturated carbocycles. The molecule has 0 aliphatic heterocycles. The van der Waals surface area contributed by atoms with Crippen LogP contribution in [0.5, 0.6) is 0 Å². The van der Waals surface area contributed by atoms with Gasteiger partial charge in [-0.05, 0) is 56.0 Å². The van der Waals surface area contributed by atoms with E-state index >= 15 is 0 Å². The number of nitrogens with one attached hydrogen (secondary N) is 1. The minimum Gasteiger partial charge on any atom is -0.451 e. The van der Waals surface area contributed by atoms with Gasteiger partial charge in [0.1, 0.15) is 4.88 Å². The normalized spacial score (nSPS) is 10.5. The van der Waals surface area contributed by atoms with E-state index in [1.165, 1.54) is 11.3 Å². The molecule has 6 heteroatoms. The minimum atomic E-state index is -0.482. The Kier molecular flexibility index (Phi) is 6.02. The Morgan fingerprint density at radius 1 is 1.21 bits per heavy atom. The number of carbonyl (C=O) groups excluding carboxylic acids is 2. The van der Waals surface area contributed by atoms with Gasteiger partial charge in [-0.25, -0.2) is 4.79 Å². The summed E-state index contributed by atoms with van der Waals surface area (Å²) in [5, 5.41) is 3.16. The van der Waals surface area contributed by atoms with Crippen molar-refractivity contribution < 1.29 is 14.3 Å². The largest absolute Gasteiger partial charge is 0.451 e. The zero-order valence-electron chi connectivity index (χ0n) is 14.2. The van der Waals surface area contributed by atoms with Crippen LogP contribution in [0.1, 0.15) is 38.2 Å².